The minimum absolute atomic E-state index is 0.0415. The molecule has 2 fully saturated rings. The predicted octanol–water partition coefficient (Wildman–Crippen LogP) is 3.22. The van der Waals surface area contributed by atoms with E-state index in [1.165, 1.54) is 12.0 Å². The summed E-state index contributed by atoms with van der Waals surface area (Å²) in [6, 6.07) is 6.14. The Bertz CT molecular complexity index is 660. The largest absolute Gasteiger partial charge is 0.342 e. The van der Waals surface area contributed by atoms with E-state index in [9.17, 15) is 9.59 Å². The van der Waals surface area contributed by atoms with Crippen LogP contribution >= 0.6 is 0 Å². The van der Waals surface area contributed by atoms with Crippen LogP contribution in [0.2, 0.25) is 0 Å². The zero-order chi connectivity index (χ0) is 19.2. The summed E-state index contributed by atoms with van der Waals surface area (Å²) in [7, 11) is 0. The van der Waals surface area contributed by atoms with Gasteiger partial charge >= 0.3 is 0 Å². The predicted molar refractivity (Wildman–Crippen MR) is 109 cm³/mol. The number of nitrogens with zero attached hydrogens (tertiary/aromatic N) is 2. The zero-order valence-corrected chi connectivity index (χ0v) is 16.8. The van der Waals surface area contributed by atoms with Crippen molar-refractivity contribution in [2.75, 3.05) is 38.0 Å². The van der Waals surface area contributed by atoms with Gasteiger partial charge in [0, 0.05) is 24.7 Å². The number of aryl methyl sites for hydroxylation is 2. The standard InChI is InChI=1S/C22H33N3O2/c1-3-18-9-7-8-17(2)21(18)23-20(26)16-24-14-10-19(11-15-24)22(27)25-12-5-4-6-13-25/h7-9,19H,3-6,10-16H2,1-2H3,(H,23,26). The summed E-state index contributed by atoms with van der Waals surface area (Å²) < 4.78 is 0. The molecule has 0 saturated carbocycles. The normalized spacial score (nSPS) is 19.1. The van der Waals surface area contributed by atoms with Gasteiger partial charge < -0.3 is 10.2 Å². The molecule has 2 saturated heterocycles. The van der Waals surface area contributed by atoms with Crippen LogP contribution < -0.4 is 5.32 Å². The van der Waals surface area contributed by atoms with Gasteiger partial charge in [-0.25, -0.2) is 0 Å². The molecule has 0 bridgehead atoms. The Hall–Kier alpha value is -1.88. The highest BCUT2D eigenvalue weighted by Crippen LogP contribution is 2.23. The highest BCUT2D eigenvalue weighted by molar-refractivity contribution is 5.93. The van der Waals surface area contributed by atoms with Crippen LogP contribution in [-0.4, -0.2) is 54.3 Å². The van der Waals surface area contributed by atoms with Gasteiger partial charge in [-0.1, -0.05) is 25.1 Å². The van der Waals surface area contributed by atoms with Crippen LogP contribution in [0, 0.1) is 12.8 Å². The molecule has 2 aliphatic rings. The molecule has 2 aliphatic heterocycles. The first-order chi connectivity index (χ1) is 13.1. The number of nitrogens with one attached hydrogen (secondary N) is 1. The SMILES string of the molecule is CCc1cccc(C)c1NC(=O)CN1CCC(C(=O)N2CCCCC2)CC1. The van der Waals surface area contributed by atoms with Crippen molar-refractivity contribution in [3.05, 3.63) is 29.3 Å². The highest BCUT2D eigenvalue weighted by atomic mass is 16.2. The Morgan fingerprint density at radius 1 is 1.07 bits per heavy atom. The fraction of sp³-hybridized carbons (Fsp3) is 0.636. The number of likely N-dealkylation sites (tertiary alicyclic amines) is 2. The minimum Gasteiger partial charge on any atom is -0.342 e. The second-order valence-electron chi connectivity index (χ2n) is 7.95. The molecule has 1 N–H and O–H groups in total. The van der Waals surface area contributed by atoms with Crippen LogP contribution in [0.5, 0.6) is 0 Å². The van der Waals surface area contributed by atoms with E-state index in [4.69, 9.17) is 0 Å². The third kappa shape index (κ3) is 5.10. The molecule has 3 rings (SSSR count). The molecule has 0 spiro atoms. The van der Waals surface area contributed by atoms with Gasteiger partial charge in [0.1, 0.15) is 0 Å². The van der Waals surface area contributed by atoms with E-state index >= 15 is 0 Å². The van der Waals surface area contributed by atoms with E-state index in [0.717, 1.165) is 69.5 Å². The van der Waals surface area contributed by atoms with Gasteiger partial charge in [-0.3, -0.25) is 14.5 Å². The minimum atomic E-state index is 0.0415. The Kier molecular flexibility index (Phi) is 6.89. The van der Waals surface area contributed by atoms with Gasteiger partial charge in [0.15, 0.2) is 0 Å². The monoisotopic (exact) mass is 371 g/mol. The van der Waals surface area contributed by atoms with Crippen LogP contribution in [0.3, 0.4) is 0 Å². The number of carbonyl (C=O) groups is 2. The molecule has 5 heteroatoms. The van der Waals surface area contributed by atoms with Crippen LogP contribution in [0.1, 0.15) is 50.2 Å². The number of carbonyl (C=O) groups excluding carboxylic acids is 2. The van der Waals surface area contributed by atoms with Crippen molar-refractivity contribution < 1.29 is 9.59 Å². The maximum atomic E-state index is 12.7. The lowest BCUT2D eigenvalue weighted by molar-refractivity contribution is -0.138. The summed E-state index contributed by atoms with van der Waals surface area (Å²) in [6.45, 7) is 8.05. The number of anilines is 1. The summed E-state index contributed by atoms with van der Waals surface area (Å²) in [5.74, 6) is 0.525. The van der Waals surface area contributed by atoms with Crippen LogP contribution in [0.25, 0.3) is 0 Å². The molecule has 1 aromatic carbocycles. The van der Waals surface area contributed by atoms with Crippen molar-refractivity contribution >= 4 is 17.5 Å². The number of amides is 2. The Labute approximate surface area is 163 Å². The van der Waals surface area contributed by atoms with Gasteiger partial charge in [0.05, 0.1) is 6.54 Å². The third-order valence-electron chi connectivity index (χ3n) is 5.98. The summed E-state index contributed by atoms with van der Waals surface area (Å²) in [4.78, 5) is 29.4. The second kappa shape index (κ2) is 9.36. The highest BCUT2D eigenvalue weighted by Gasteiger charge is 2.29. The Balaban J connectivity index is 1.48. The average molecular weight is 372 g/mol. The molecule has 0 radical (unpaired) electrons. The molecule has 0 unspecified atom stereocenters. The van der Waals surface area contributed by atoms with Crippen molar-refractivity contribution in [3.63, 3.8) is 0 Å². The van der Waals surface area contributed by atoms with E-state index in [-0.39, 0.29) is 11.8 Å². The first-order valence-electron chi connectivity index (χ1n) is 10.5. The number of hydrogen-bond donors (Lipinski definition) is 1. The fourth-order valence-corrected chi connectivity index (χ4v) is 4.29. The van der Waals surface area contributed by atoms with Crippen molar-refractivity contribution in [3.8, 4) is 0 Å². The first-order valence-corrected chi connectivity index (χ1v) is 10.5. The summed E-state index contributed by atoms with van der Waals surface area (Å²) in [5, 5.41) is 3.11. The number of para-hydroxylation sites is 1. The Morgan fingerprint density at radius 2 is 1.78 bits per heavy atom. The lowest BCUT2D eigenvalue weighted by Crippen LogP contribution is -2.45. The van der Waals surface area contributed by atoms with Gasteiger partial charge in [-0.2, -0.15) is 0 Å². The maximum absolute atomic E-state index is 12.7. The van der Waals surface area contributed by atoms with E-state index in [2.05, 4.69) is 28.1 Å². The van der Waals surface area contributed by atoms with Crippen LogP contribution in [0.15, 0.2) is 18.2 Å². The van der Waals surface area contributed by atoms with Gasteiger partial charge in [0.25, 0.3) is 0 Å². The fourth-order valence-electron chi connectivity index (χ4n) is 4.29. The molecule has 0 atom stereocenters. The molecule has 148 valence electrons. The number of hydrogen-bond acceptors (Lipinski definition) is 3. The van der Waals surface area contributed by atoms with Gasteiger partial charge in [0.2, 0.25) is 11.8 Å². The molecule has 27 heavy (non-hydrogen) atoms. The molecule has 5 nitrogen and oxygen atoms in total. The van der Waals surface area contributed by atoms with Crippen molar-refractivity contribution in [2.45, 2.75) is 52.4 Å². The van der Waals surface area contributed by atoms with Crippen molar-refractivity contribution in [1.82, 2.24) is 9.80 Å². The third-order valence-corrected chi connectivity index (χ3v) is 5.98. The van der Waals surface area contributed by atoms with E-state index in [1.807, 2.05) is 19.1 Å². The average Bonchev–Trinajstić information content (AvgIpc) is 2.70. The molecule has 2 heterocycles. The molecule has 1 aromatic rings. The summed E-state index contributed by atoms with van der Waals surface area (Å²) in [5.41, 5.74) is 3.24. The molecular weight excluding hydrogens is 338 g/mol. The number of rotatable bonds is 5. The first kappa shape index (κ1) is 19.9. The number of benzene rings is 1. The topological polar surface area (TPSA) is 52.7 Å². The van der Waals surface area contributed by atoms with E-state index < -0.39 is 0 Å². The van der Waals surface area contributed by atoms with Crippen LogP contribution in [0.4, 0.5) is 5.69 Å². The summed E-state index contributed by atoms with van der Waals surface area (Å²) >= 11 is 0. The quantitative estimate of drug-likeness (QED) is 0.865. The molecular formula is C22H33N3O2. The molecule has 0 aliphatic carbocycles. The molecule has 2 amide bonds. The Morgan fingerprint density at radius 3 is 2.44 bits per heavy atom. The van der Waals surface area contributed by atoms with Crippen molar-refractivity contribution in [1.29, 1.82) is 0 Å². The molecule has 0 aromatic heterocycles. The second-order valence-corrected chi connectivity index (χ2v) is 7.95. The smallest absolute Gasteiger partial charge is 0.238 e. The van der Waals surface area contributed by atoms with E-state index in [0.29, 0.717) is 12.5 Å². The van der Waals surface area contributed by atoms with Gasteiger partial charge in [-0.05, 0) is 69.7 Å². The number of piperidine rings is 2. The van der Waals surface area contributed by atoms with Gasteiger partial charge in [-0.15, -0.1) is 0 Å². The summed E-state index contributed by atoms with van der Waals surface area (Å²) in [6.07, 6.45) is 6.17. The lowest BCUT2D eigenvalue weighted by atomic mass is 9.94. The van der Waals surface area contributed by atoms with Crippen molar-refractivity contribution in [2.24, 2.45) is 5.92 Å². The van der Waals surface area contributed by atoms with E-state index in [1.54, 1.807) is 0 Å². The van der Waals surface area contributed by atoms with Crippen LogP contribution in [-0.2, 0) is 16.0 Å². The zero-order valence-electron chi connectivity index (χ0n) is 16.8. The lowest BCUT2D eigenvalue weighted by Gasteiger charge is -2.35. The maximum Gasteiger partial charge on any atom is 0.238 e.